The average molecular weight is 282 g/mol. The van der Waals surface area contributed by atoms with Crippen LogP contribution in [-0.4, -0.2) is 24.4 Å². The number of fused-ring (bicyclic) bond motifs is 1. The van der Waals surface area contributed by atoms with Crippen molar-refractivity contribution in [3.05, 3.63) is 20.8 Å². The van der Waals surface area contributed by atoms with Crippen molar-refractivity contribution in [2.75, 3.05) is 5.75 Å². The van der Waals surface area contributed by atoms with Crippen molar-refractivity contribution >= 4 is 22.9 Å². The Morgan fingerprint density at radius 3 is 2.42 bits per heavy atom. The number of nitrogens with zero attached hydrogens (tertiary/aromatic N) is 4. The van der Waals surface area contributed by atoms with Gasteiger partial charge in [0, 0.05) is 26.4 Å². The molecule has 0 bridgehead atoms. The zero-order chi connectivity index (χ0) is 14.2. The molecular weight excluding hydrogens is 264 g/mol. The first kappa shape index (κ1) is 13.9. The number of aryl methyl sites for hydroxylation is 2. The Hall–Kier alpha value is -1.50. The third-order valence-corrected chi connectivity index (χ3v) is 4.25. The Kier molecular flexibility index (Phi) is 3.84. The minimum atomic E-state index is -0.342. The van der Waals surface area contributed by atoms with Crippen LogP contribution in [0.3, 0.4) is 0 Å². The second-order valence-electron chi connectivity index (χ2n) is 4.37. The number of hydrogen-bond acceptors (Lipinski definition) is 4. The van der Waals surface area contributed by atoms with Gasteiger partial charge >= 0.3 is 5.69 Å². The van der Waals surface area contributed by atoms with Crippen molar-refractivity contribution in [2.45, 2.75) is 32.0 Å². The van der Waals surface area contributed by atoms with E-state index in [0.29, 0.717) is 17.7 Å². The lowest BCUT2D eigenvalue weighted by Gasteiger charge is -2.05. The highest BCUT2D eigenvalue weighted by Gasteiger charge is 2.17. The van der Waals surface area contributed by atoms with Crippen LogP contribution < -0.4 is 11.2 Å². The Balaban J connectivity index is 2.83. The molecule has 104 valence electrons. The summed E-state index contributed by atoms with van der Waals surface area (Å²) < 4.78 is 4.45. The van der Waals surface area contributed by atoms with Crippen molar-refractivity contribution < 1.29 is 0 Å². The second-order valence-corrected chi connectivity index (χ2v) is 5.43. The molecule has 6 nitrogen and oxygen atoms in total. The van der Waals surface area contributed by atoms with Crippen LogP contribution in [0.15, 0.2) is 14.7 Å². The molecule has 2 aromatic heterocycles. The highest BCUT2D eigenvalue weighted by Crippen LogP contribution is 2.21. The molecule has 19 heavy (non-hydrogen) atoms. The first-order chi connectivity index (χ1) is 9.02. The third-order valence-electron chi connectivity index (χ3n) is 3.06. The maximum absolute atomic E-state index is 12.2. The van der Waals surface area contributed by atoms with Gasteiger partial charge in [-0.05, 0) is 13.3 Å². The predicted octanol–water partition coefficient (Wildman–Crippen LogP) is 0.956. The summed E-state index contributed by atoms with van der Waals surface area (Å²) >= 11 is 1.61. The molecule has 0 radical (unpaired) electrons. The fourth-order valence-electron chi connectivity index (χ4n) is 2.02. The van der Waals surface area contributed by atoms with Crippen molar-refractivity contribution in [3.63, 3.8) is 0 Å². The molecule has 0 unspecified atom stereocenters. The summed E-state index contributed by atoms with van der Waals surface area (Å²) in [7, 11) is 3.14. The van der Waals surface area contributed by atoms with Crippen LogP contribution in [-0.2, 0) is 20.6 Å². The summed E-state index contributed by atoms with van der Waals surface area (Å²) in [4.78, 5) is 28.6. The van der Waals surface area contributed by atoms with Crippen LogP contribution in [0.4, 0.5) is 0 Å². The molecule has 0 saturated heterocycles. The van der Waals surface area contributed by atoms with Crippen molar-refractivity contribution in [1.29, 1.82) is 0 Å². The van der Waals surface area contributed by atoms with Gasteiger partial charge in [0.1, 0.15) is 0 Å². The van der Waals surface area contributed by atoms with Crippen LogP contribution in [0.25, 0.3) is 11.2 Å². The molecule has 0 aliphatic carbocycles. The van der Waals surface area contributed by atoms with Crippen molar-refractivity contribution in [2.24, 2.45) is 14.1 Å². The van der Waals surface area contributed by atoms with E-state index < -0.39 is 0 Å². The quantitative estimate of drug-likeness (QED) is 0.784. The smallest absolute Gasteiger partial charge is 0.313 e. The minimum absolute atomic E-state index is 0.282. The Labute approximate surface area is 115 Å². The maximum atomic E-state index is 12.2. The van der Waals surface area contributed by atoms with E-state index in [0.717, 1.165) is 21.9 Å². The van der Waals surface area contributed by atoms with Crippen LogP contribution in [0, 0.1) is 0 Å². The molecule has 0 atom stereocenters. The van der Waals surface area contributed by atoms with E-state index in [1.165, 1.54) is 11.6 Å². The van der Waals surface area contributed by atoms with Gasteiger partial charge < -0.3 is 4.57 Å². The van der Waals surface area contributed by atoms with E-state index in [-0.39, 0.29) is 11.2 Å². The normalized spacial score (nSPS) is 11.4. The molecule has 0 spiro atoms. The molecule has 0 saturated carbocycles. The van der Waals surface area contributed by atoms with Gasteiger partial charge in [0.2, 0.25) is 0 Å². The number of thioether (sulfide) groups is 1. The topological polar surface area (TPSA) is 61.8 Å². The van der Waals surface area contributed by atoms with Gasteiger partial charge in [0.05, 0.1) is 0 Å². The maximum Gasteiger partial charge on any atom is 0.332 e. The summed E-state index contributed by atoms with van der Waals surface area (Å²) in [6.07, 6.45) is 1.04. The molecule has 0 amide bonds. The molecule has 0 aromatic carbocycles. The van der Waals surface area contributed by atoms with E-state index in [1.807, 2.05) is 11.5 Å². The Bertz CT molecular complexity index is 726. The first-order valence-corrected chi connectivity index (χ1v) is 7.30. The Morgan fingerprint density at radius 1 is 1.16 bits per heavy atom. The molecule has 0 aliphatic heterocycles. The Morgan fingerprint density at radius 2 is 1.84 bits per heavy atom. The summed E-state index contributed by atoms with van der Waals surface area (Å²) in [6, 6.07) is 0. The molecule has 2 aromatic rings. The fraction of sp³-hybridized carbons (Fsp3) is 0.583. The second kappa shape index (κ2) is 5.24. The van der Waals surface area contributed by atoms with E-state index >= 15 is 0 Å². The largest absolute Gasteiger partial charge is 0.332 e. The van der Waals surface area contributed by atoms with Crippen molar-refractivity contribution in [1.82, 2.24) is 18.7 Å². The number of aromatic nitrogens is 4. The molecule has 7 heteroatoms. The van der Waals surface area contributed by atoms with E-state index in [9.17, 15) is 9.59 Å². The van der Waals surface area contributed by atoms with E-state index in [4.69, 9.17) is 0 Å². The summed E-state index contributed by atoms with van der Waals surface area (Å²) in [5.74, 6) is 0.942. The number of rotatable bonds is 4. The zero-order valence-corrected chi connectivity index (χ0v) is 12.5. The lowest BCUT2D eigenvalue weighted by molar-refractivity contribution is 0.684. The minimum Gasteiger partial charge on any atom is -0.313 e. The first-order valence-electron chi connectivity index (χ1n) is 6.31. The molecule has 0 aliphatic rings. The summed E-state index contributed by atoms with van der Waals surface area (Å²) in [6.45, 7) is 4.73. The highest BCUT2D eigenvalue weighted by atomic mass is 32.2. The SMILES string of the molecule is CCCSc1nc2c(c(=O)n(C)c(=O)n2C)n1CC. The van der Waals surface area contributed by atoms with Gasteiger partial charge in [-0.15, -0.1) is 0 Å². The fourth-order valence-corrected chi connectivity index (χ4v) is 2.94. The average Bonchev–Trinajstić information content (AvgIpc) is 2.79. The molecule has 2 heterocycles. The van der Waals surface area contributed by atoms with Crippen LogP contribution in [0.2, 0.25) is 0 Å². The van der Waals surface area contributed by atoms with Gasteiger partial charge in [-0.2, -0.15) is 0 Å². The highest BCUT2D eigenvalue weighted by molar-refractivity contribution is 7.99. The monoisotopic (exact) mass is 282 g/mol. The molecule has 2 rings (SSSR count). The molecular formula is C12H18N4O2S. The number of imidazole rings is 1. The van der Waals surface area contributed by atoms with Gasteiger partial charge in [-0.25, -0.2) is 9.78 Å². The van der Waals surface area contributed by atoms with Crippen LogP contribution in [0.5, 0.6) is 0 Å². The van der Waals surface area contributed by atoms with Gasteiger partial charge in [-0.3, -0.25) is 13.9 Å². The lowest BCUT2D eigenvalue weighted by atomic mass is 10.5. The van der Waals surface area contributed by atoms with Gasteiger partial charge in [-0.1, -0.05) is 18.7 Å². The summed E-state index contributed by atoms with van der Waals surface area (Å²) in [5, 5.41) is 0.803. The third kappa shape index (κ3) is 2.11. The lowest BCUT2D eigenvalue weighted by Crippen LogP contribution is -2.37. The van der Waals surface area contributed by atoms with Crippen LogP contribution in [0.1, 0.15) is 20.3 Å². The van der Waals surface area contributed by atoms with E-state index in [1.54, 1.807) is 18.8 Å². The zero-order valence-electron chi connectivity index (χ0n) is 11.6. The van der Waals surface area contributed by atoms with Crippen molar-refractivity contribution in [3.8, 4) is 0 Å². The molecule has 0 N–H and O–H groups in total. The van der Waals surface area contributed by atoms with Crippen LogP contribution >= 0.6 is 11.8 Å². The standard InChI is InChI=1S/C12H18N4O2S/c1-5-7-19-11-13-9-8(16(11)6-2)10(17)15(4)12(18)14(9)3/h5-7H2,1-4H3. The van der Waals surface area contributed by atoms with Gasteiger partial charge in [0.15, 0.2) is 16.3 Å². The summed E-state index contributed by atoms with van der Waals surface area (Å²) in [5.41, 5.74) is 0.348. The number of hydrogen-bond donors (Lipinski definition) is 0. The molecule has 0 fully saturated rings. The predicted molar refractivity (Wildman–Crippen MR) is 76.9 cm³/mol. The van der Waals surface area contributed by atoms with Gasteiger partial charge in [0.25, 0.3) is 5.56 Å². The van der Waals surface area contributed by atoms with E-state index in [2.05, 4.69) is 11.9 Å².